The van der Waals surface area contributed by atoms with Crippen molar-refractivity contribution in [2.45, 2.75) is 40.2 Å². The van der Waals surface area contributed by atoms with Crippen molar-refractivity contribution in [2.24, 2.45) is 5.41 Å². The fourth-order valence-corrected chi connectivity index (χ4v) is 7.40. The Bertz CT molecular complexity index is 914. The lowest BCUT2D eigenvalue weighted by atomic mass is 9.99. The maximum Gasteiger partial charge on any atom is 0.229 e. The number of hydrogen-bond donors (Lipinski definition) is 0. The molecule has 0 fully saturated rings. The van der Waals surface area contributed by atoms with E-state index in [-0.39, 0.29) is 5.41 Å². The Morgan fingerprint density at radius 1 is 0.645 bits per heavy atom. The maximum atomic E-state index is 5.76. The molecule has 31 heavy (non-hydrogen) atoms. The molecule has 0 aliphatic rings. The predicted molar refractivity (Wildman–Crippen MR) is 132 cm³/mol. The molecule has 0 saturated carbocycles. The number of hydrogen-bond acceptors (Lipinski definition) is 2. The lowest BCUT2D eigenvalue weighted by Crippen LogP contribution is -2.66. The molecule has 2 nitrogen and oxygen atoms in total. The monoisotopic (exact) mass is 428 g/mol. The molecular formula is C28H32O2Si. The molecule has 0 bridgehead atoms. The molecule has 0 amide bonds. The minimum atomic E-state index is -2.61. The Balaban J connectivity index is 2.13. The summed E-state index contributed by atoms with van der Waals surface area (Å²) in [5, 5.41) is 3.77. The van der Waals surface area contributed by atoms with Crippen LogP contribution in [0.1, 0.15) is 34.6 Å². The van der Waals surface area contributed by atoms with Gasteiger partial charge in [0.2, 0.25) is 8.07 Å². The lowest BCUT2D eigenvalue weighted by Gasteiger charge is -2.29. The second-order valence-electron chi connectivity index (χ2n) is 9.51. The highest BCUT2D eigenvalue weighted by atomic mass is 28.3. The van der Waals surface area contributed by atoms with Crippen molar-refractivity contribution in [1.29, 1.82) is 0 Å². The third-order valence-corrected chi connectivity index (χ3v) is 9.03. The smallest absolute Gasteiger partial charge is 0.229 e. The van der Waals surface area contributed by atoms with E-state index in [2.05, 4.69) is 123 Å². The van der Waals surface area contributed by atoms with Crippen molar-refractivity contribution < 1.29 is 9.78 Å². The quantitative estimate of drug-likeness (QED) is 0.190. The predicted octanol–water partition coefficient (Wildman–Crippen LogP) is 4.47. The zero-order chi connectivity index (χ0) is 22.4. The van der Waals surface area contributed by atoms with E-state index < -0.39 is 13.7 Å². The minimum Gasteiger partial charge on any atom is -0.235 e. The largest absolute Gasteiger partial charge is 0.235 e. The Morgan fingerprint density at radius 3 is 1.39 bits per heavy atom. The van der Waals surface area contributed by atoms with Crippen molar-refractivity contribution in [1.82, 2.24) is 0 Å². The fourth-order valence-electron chi connectivity index (χ4n) is 3.40. The summed E-state index contributed by atoms with van der Waals surface area (Å²) in [7, 11) is -2.61. The van der Waals surface area contributed by atoms with Crippen LogP contribution >= 0.6 is 0 Å². The molecule has 0 atom stereocenters. The SMILES string of the molecule is CC(C)(C)COOC(C)(C)C#C[Si](c1ccccc1)(c1ccccc1)c1ccccc1. The zero-order valence-corrected chi connectivity index (χ0v) is 20.2. The molecular weight excluding hydrogens is 396 g/mol. The van der Waals surface area contributed by atoms with E-state index in [0.29, 0.717) is 6.61 Å². The van der Waals surface area contributed by atoms with Crippen LogP contribution in [0.15, 0.2) is 91.0 Å². The van der Waals surface area contributed by atoms with Crippen molar-refractivity contribution in [3.63, 3.8) is 0 Å². The van der Waals surface area contributed by atoms with E-state index in [1.165, 1.54) is 15.6 Å². The van der Waals surface area contributed by atoms with Gasteiger partial charge in [0.25, 0.3) is 0 Å². The molecule has 0 aliphatic carbocycles. The highest BCUT2D eigenvalue weighted by Gasteiger charge is 2.38. The van der Waals surface area contributed by atoms with Crippen LogP contribution in [-0.4, -0.2) is 20.3 Å². The van der Waals surface area contributed by atoms with Crippen LogP contribution in [0.2, 0.25) is 0 Å². The average Bonchev–Trinajstić information content (AvgIpc) is 2.75. The molecule has 0 saturated heterocycles. The second-order valence-corrected chi connectivity index (χ2v) is 13.0. The fraction of sp³-hybridized carbons (Fsp3) is 0.286. The first-order chi connectivity index (χ1) is 14.7. The van der Waals surface area contributed by atoms with E-state index in [4.69, 9.17) is 9.78 Å². The molecule has 3 heteroatoms. The van der Waals surface area contributed by atoms with Gasteiger partial charge in [-0.3, -0.25) is 0 Å². The third kappa shape index (κ3) is 5.95. The summed E-state index contributed by atoms with van der Waals surface area (Å²) in [5.41, 5.74) is 3.05. The molecule has 3 rings (SSSR count). The average molecular weight is 429 g/mol. The molecule has 3 aromatic rings. The first-order valence-electron chi connectivity index (χ1n) is 10.7. The molecule has 0 N–H and O–H groups in total. The van der Waals surface area contributed by atoms with Gasteiger partial charge in [0.15, 0.2) is 5.60 Å². The van der Waals surface area contributed by atoms with Crippen LogP contribution < -0.4 is 15.6 Å². The standard InChI is InChI=1S/C28H32O2Si/c1-27(2,3)23-29-30-28(4,5)21-22-31(24-15-9-6-10-16-24,25-17-11-7-12-18-25)26-19-13-8-14-20-26/h6-20H,23H2,1-5H3. The second kappa shape index (κ2) is 9.66. The van der Waals surface area contributed by atoms with Gasteiger partial charge in [-0.2, -0.15) is 0 Å². The summed E-state index contributed by atoms with van der Waals surface area (Å²) >= 11 is 0. The van der Waals surface area contributed by atoms with Gasteiger partial charge in [0.1, 0.15) is 0 Å². The summed E-state index contributed by atoms with van der Waals surface area (Å²) in [5.74, 6) is 3.45. The van der Waals surface area contributed by atoms with Gasteiger partial charge in [-0.05, 0) is 34.8 Å². The van der Waals surface area contributed by atoms with Crippen molar-refractivity contribution in [3.05, 3.63) is 91.0 Å². The number of benzene rings is 3. The van der Waals surface area contributed by atoms with Crippen LogP contribution in [0.25, 0.3) is 0 Å². The van der Waals surface area contributed by atoms with Gasteiger partial charge in [-0.25, -0.2) is 9.78 Å². The summed E-state index contributed by atoms with van der Waals surface area (Å²) < 4.78 is 0. The van der Waals surface area contributed by atoms with E-state index in [1.54, 1.807) is 0 Å². The van der Waals surface area contributed by atoms with Gasteiger partial charge in [0, 0.05) is 0 Å². The van der Waals surface area contributed by atoms with Crippen molar-refractivity contribution in [3.8, 4) is 11.5 Å². The molecule has 160 valence electrons. The van der Waals surface area contributed by atoms with Crippen molar-refractivity contribution >= 4 is 23.6 Å². The Kier molecular flexibility index (Phi) is 7.18. The van der Waals surface area contributed by atoms with Crippen LogP contribution in [0.4, 0.5) is 0 Å². The summed E-state index contributed by atoms with van der Waals surface area (Å²) in [6, 6.07) is 31.9. The summed E-state index contributed by atoms with van der Waals surface area (Å²) in [6.45, 7) is 10.8. The van der Waals surface area contributed by atoms with E-state index in [0.717, 1.165) is 0 Å². The van der Waals surface area contributed by atoms with Crippen molar-refractivity contribution in [2.75, 3.05) is 6.61 Å². The first-order valence-corrected chi connectivity index (χ1v) is 12.7. The molecule has 0 unspecified atom stereocenters. The van der Waals surface area contributed by atoms with Crippen LogP contribution in [0.5, 0.6) is 0 Å². The van der Waals surface area contributed by atoms with Gasteiger partial charge in [-0.15, -0.1) is 5.54 Å². The van der Waals surface area contributed by atoms with E-state index in [9.17, 15) is 0 Å². The van der Waals surface area contributed by atoms with Gasteiger partial charge in [-0.1, -0.05) is 118 Å². The highest BCUT2D eigenvalue weighted by Crippen LogP contribution is 2.17. The normalized spacial score (nSPS) is 12.2. The zero-order valence-electron chi connectivity index (χ0n) is 19.2. The van der Waals surface area contributed by atoms with E-state index >= 15 is 0 Å². The van der Waals surface area contributed by atoms with Gasteiger partial charge >= 0.3 is 0 Å². The van der Waals surface area contributed by atoms with Gasteiger partial charge < -0.3 is 0 Å². The summed E-state index contributed by atoms with van der Waals surface area (Å²) in [4.78, 5) is 11.3. The van der Waals surface area contributed by atoms with Gasteiger partial charge in [0.05, 0.1) is 6.61 Å². The van der Waals surface area contributed by atoms with E-state index in [1.807, 2.05) is 13.8 Å². The first kappa shape index (κ1) is 23.0. The minimum absolute atomic E-state index is 0.0279. The lowest BCUT2D eigenvalue weighted by molar-refractivity contribution is -0.347. The Hall–Kier alpha value is -2.64. The molecule has 0 radical (unpaired) electrons. The topological polar surface area (TPSA) is 18.5 Å². The van der Waals surface area contributed by atoms with Crippen LogP contribution in [-0.2, 0) is 9.78 Å². The molecule has 0 aliphatic heterocycles. The molecule has 3 aromatic carbocycles. The summed E-state index contributed by atoms with van der Waals surface area (Å²) in [6.07, 6.45) is 0. The third-order valence-electron chi connectivity index (χ3n) is 4.93. The molecule has 0 spiro atoms. The number of rotatable bonds is 6. The Morgan fingerprint density at radius 2 is 1.03 bits per heavy atom. The highest BCUT2D eigenvalue weighted by molar-refractivity contribution is 7.16. The molecule has 0 heterocycles. The maximum absolute atomic E-state index is 5.76. The van der Waals surface area contributed by atoms with Crippen LogP contribution in [0.3, 0.4) is 0 Å². The van der Waals surface area contributed by atoms with Crippen LogP contribution in [0, 0.1) is 16.9 Å². The molecule has 0 aromatic heterocycles. The Labute approximate surface area is 188 Å².